The van der Waals surface area contributed by atoms with Gasteiger partial charge in [-0.15, -0.1) is 0 Å². The highest BCUT2D eigenvalue weighted by Gasteiger charge is 2.16. The summed E-state index contributed by atoms with van der Waals surface area (Å²) in [6.07, 6.45) is 12.2. The number of likely N-dealkylation sites (tertiary alicyclic amines) is 1. The lowest BCUT2D eigenvalue weighted by Gasteiger charge is -2.26. The zero-order chi connectivity index (χ0) is 21.0. The highest BCUT2D eigenvalue weighted by atomic mass is 16.2. The minimum Gasteiger partial charge on any atom is -0.304 e. The van der Waals surface area contributed by atoms with Gasteiger partial charge < -0.3 is 5.32 Å². The molecule has 1 aliphatic rings. The minimum absolute atomic E-state index is 0.319. The summed E-state index contributed by atoms with van der Waals surface area (Å²) in [7, 11) is 0. The number of aromatic nitrogens is 5. The summed E-state index contributed by atoms with van der Waals surface area (Å²) in [5.41, 5.74) is 4.34. The van der Waals surface area contributed by atoms with Gasteiger partial charge in [0.05, 0.1) is 11.7 Å². The summed E-state index contributed by atoms with van der Waals surface area (Å²) in [5, 5.41) is 10.6. The molecular formula is C23H23N7O. The van der Waals surface area contributed by atoms with Crippen LogP contribution in [-0.2, 0) is 6.54 Å². The van der Waals surface area contributed by atoms with E-state index in [0.29, 0.717) is 11.5 Å². The Labute approximate surface area is 179 Å². The van der Waals surface area contributed by atoms with Crippen LogP contribution in [0.1, 0.15) is 35.3 Å². The van der Waals surface area contributed by atoms with Crippen molar-refractivity contribution in [2.75, 3.05) is 18.4 Å². The highest BCUT2D eigenvalue weighted by molar-refractivity contribution is 6.11. The molecule has 0 bridgehead atoms. The molecule has 3 aromatic heterocycles. The quantitative estimate of drug-likeness (QED) is 0.518. The molecule has 8 nitrogen and oxygen atoms in total. The number of piperidine rings is 1. The first kappa shape index (κ1) is 19.3. The van der Waals surface area contributed by atoms with Gasteiger partial charge in [-0.05, 0) is 55.3 Å². The smallest absolute Gasteiger partial charge is 0.277 e. The highest BCUT2D eigenvalue weighted by Crippen LogP contribution is 2.26. The molecule has 1 aromatic carbocycles. The standard InChI is InChI=1S/C23H23N7O/c31-23(27-21-14-24-6-7-26-21)22-19-11-17(4-5-20(19)28-29-22)18-10-16(12-25-13-18)15-30-8-2-1-3-9-30/h4-7,10-14H,1-3,8-9,15H2,(H,28,29)(H,26,27,31). The van der Waals surface area contributed by atoms with Crippen LogP contribution in [0, 0.1) is 0 Å². The van der Waals surface area contributed by atoms with E-state index in [4.69, 9.17) is 0 Å². The summed E-state index contributed by atoms with van der Waals surface area (Å²) in [4.78, 5) is 27.7. The van der Waals surface area contributed by atoms with Gasteiger partial charge in [-0.2, -0.15) is 5.10 Å². The average molecular weight is 413 g/mol. The third-order valence-electron chi connectivity index (χ3n) is 5.57. The van der Waals surface area contributed by atoms with Gasteiger partial charge in [-0.3, -0.25) is 24.8 Å². The van der Waals surface area contributed by atoms with E-state index in [1.54, 1.807) is 6.20 Å². The first-order valence-electron chi connectivity index (χ1n) is 10.5. The lowest BCUT2D eigenvalue weighted by molar-refractivity contribution is 0.102. The molecule has 0 atom stereocenters. The van der Waals surface area contributed by atoms with Gasteiger partial charge in [0.15, 0.2) is 11.5 Å². The van der Waals surface area contributed by atoms with Gasteiger partial charge in [-0.25, -0.2) is 4.98 Å². The van der Waals surface area contributed by atoms with E-state index in [1.807, 2.05) is 30.6 Å². The fourth-order valence-corrected chi connectivity index (χ4v) is 4.01. The molecule has 4 heterocycles. The summed E-state index contributed by atoms with van der Waals surface area (Å²) < 4.78 is 0. The van der Waals surface area contributed by atoms with E-state index in [2.05, 4.69) is 41.4 Å². The predicted octanol–water partition coefficient (Wildman–Crippen LogP) is 3.65. The molecular weight excluding hydrogens is 390 g/mol. The lowest BCUT2D eigenvalue weighted by Crippen LogP contribution is -2.29. The van der Waals surface area contributed by atoms with Gasteiger partial charge in [0.25, 0.3) is 5.91 Å². The Morgan fingerprint density at radius 2 is 1.90 bits per heavy atom. The Kier molecular flexibility index (Phi) is 5.37. The van der Waals surface area contributed by atoms with E-state index in [9.17, 15) is 4.79 Å². The molecule has 8 heteroatoms. The topological polar surface area (TPSA) is 99.7 Å². The molecule has 31 heavy (non-hydrogen) atoms. The van der Waals surface area contributed by atoms with Gasteiger partial charge in [0.2, 0.25) is 0 Å². The van der Waals surface area contributed by atoms with E-state index in [-0.39, 0.29) is 5.91 Å². The first-order valence-corrected chi connectivity index (χ1v) is 10.5. The van der Waals surface area contributed by atoms with E-state index >= 15 is 0 Å². The van der Waals surface area contributed by atoms with Crippen LogP contribution in [0.5, 0.6) is 0 Å². The van der Waals surface area contributed by atoms with Crippen LogP contribution in [0.15, 0.2) is 55.2 Å². The minimum atomic E-state index is -0.333. The SMILES string of the molecule is O=C(Nc1cnccn1)c1n[nH]c2ccc(-c3cncc(CN4CCCCC4)c3)cc12. The number of rotatable bonds is 5. The maximum atomic E-state index is 12.7. The van der Waals surface area contributed by atoms with E-state index in [1.165, 1.54) is 37.2 Å². The lowest BCUT2D eigenvalue weighted by atomic mass is 10.0. The van der Waals surface area contributed by atoms with Crippen LogP contribution in [0.25, 0.3) is 22.0 Å². The number of hydrogen-bond donors (Lipinski definition) is 2. The Hall–Kier alpha value is -3.65. The second kappa shape index (κ2) is 8.61. The Morgan fingerprint density at radius 1 is 1.00 bits per heavy atom. The second-order valence-corrected chi connectivity index (χ2v) is 7.80. The van der Waals surface area contributed by atoms with Crippen molar-refractivity contribution < 1.29 is 4.79 Å². The molecule has 1 aliphatic heterocycles. The maximum Gasteiger partial charge on any atom is 0.277 e. The van der Waals surface area contributed by atoms with Crippen molar-refractivity contribution >= 4 is 22.6 Å². The monoisotopic (exact) mass is 413 g/mol. The predicted molar refractivity (Wildman–Crippen MR) is 118 cm³/mol. The van der Waals surface area contributed by atoms with Gasteiger partial charge in [-0.1, -0.05) is 12.5 Å². The molecule has 2 N–H and O–H groups in total. The third kappa shape index (κ3) is 4.29. The number of nitrogens with zero attached hydrogens (tertiary/aromatic N) is 5. The normalized spacial score (nSPS) is 14.6. The maximum absolute atomic E-state index is 12.7. The van der Waals surface area contributed by atoms with Crippen molar-refractivity contribution in [2.45, 2.75) is 25.8 Å². The molecule has 0 aliphatic carbocycles. The van der Waals surface area contributed by atoms with Crippen molar-refractivity contribution in [1.29, 1.82) is 0 Å². The van der Waals surface area contributed by atoms with Crippen molar-refractivity contribution in [3.05, 3.63) is 66.5 Å². The van der Waals surface area contributed by atoms with Gasteiger partial charge >= 0.3 is 0 Å². The van der Waals surface area contributed by atoms with Crippen LogP contribution in [0.2, 0.25) is 0 Å². The number of benzene rings is 1. The zero-order valence-corrected chi connectivity index (χ0v) is 17.1. The Bertz CT molecular complexity index is 1200. The number of amides is 1. The second-order valence-electron chi connectivity index (χ2n) is 7.80. The number of carbonyl (C=O) groups excluding carboxylic acids is 1. The fourth-order valence-electron chi connectivity index (χ4n) is 4.01. The van der Waals surface area contributed by atoms with E-state index in [0.717, 1.165) is 41.7 Å². The number of pyridine rings is 1. The molecule has 1 amide bonds. The van der Waals surface area contributed by atoms with Crippen molar-refractivity contribution in [2.24, 2.45) is 0 Å². The molecule has 0 radical (unpaired) electrons. The third-order valence-corrected chi connectivity index (χ3v) is 5.57. The van der Waals surface area contributed by atoms with Crippen LogP contribution in [0.4, 0.5) is 5.82 Å². The molecule has 156 valence electrons. The number of hydrogen-bond acceptors (Lipinski definition) is 6. The number of nitrogens with one attached hydrogen (secondary N) is 2. The number of carbonyl (C=O) groups is 1. The van der Waals surface area contributed by atoms with Crippen molar-refractivity contribution in [3.8, 4) is 11.1 Å². The molecule has 0 saturated carbocycles. The van der Waals surface area contributed by atoms with Crippen LogP contribution >= 0.6 is 0 Å². The Morgan fingerprint density at radius 3 is 2.74 bits per heavy atom. The summed E-state index contributed by atoms with van der Waals surface area (Å²) in [6.45, 7) is 3.21. The van der Waals surface area contributed by atoms with Crippen LogP contribution < -0.4 is 5.32 Å². The first-order chi connectivity index (χ1) is 15.3. The number of H-pyrrole nitrogens is 1. The van der Waals surface area contributed by atoms with Crippen LogP contribution in [-0.4, -0.2) is 49.0 Å². The fraction of sp³-hybridized carbons (Fsp3) is 0.261. The molecule has 4 aromatic rings. The number of aromatic amines is 1. The van der Waals surface area contributed by atoms with Crippen molar-refractivity contribution in [3.63, 3.8) is 0 Å². The number of anilines is 1. The molecule has 1 saturated heterocycles. The molecule has 5 rings (SSSR count). The average Bonchev–Trinajstić information content (AvgIpc) is 3.24. The summed E-state index contributed by atoms with van der Waals surface area (Å²) in [6, 6.07) is 8.12. The Balaban J connectivity index is 1.41. The van der Waals surface area contributed by atoms with Gasteiger partial charge in [0, 0.05) is 42.3 Å². The molecule has 0 unspecified atom stereocenters. The number of fused-ring (bicyclic) bond motifs is 1. The van der Waals surface area contributed by atoms with E-state index < -0.39 is 0 Å². The van der Waals surface area contributed by atoms with Crippen molar-refractivity contribution in [1.82, 2.24) is 30.0 Å². The van der Waals surface area contributed by atoms with Crippen LogP contribution in [0.3, 0.4) is 0 Å². The molecule has 1 fully saturated rings. The zero-order valence-electron chi connectivity index (χ0n) is 17.1. The summed E-state index contributed by atoms with van der Waals surface area (Å²) >= 11 is 0. The van der Waals surface area contributed by atoms with Gasteiger partial charge in [0.1, 0.15) is 0 Å². The summed E-state index contributed by atoms with van der Waals surface area (Å²) in [5.74, 6) is 0.0512. The largest absolute Gasteiger partial charge is 0.304 e. The molecule has 0 spiro atoms.